The first kappa shape index (κ1) is 45.9. The van der Waals surface area contributed by atoms with Crippen LogP contribution in [-0.4, -0.2) is 71.6 Å². The molecule has 1 saturated heterocycles. The van der Waals surface area contributed by atoms with Gasteiger partial charge in [0.25, 0.3) is 0 Å². The number of hydrogen-bond donors (Lipinski definition) is 5. The van der Waals surface area contributed by atoms with Gasteiger partial charge in [0.1, 0.15) is 25.0 Å². The van der Waals surface area contributed by atoms with Crippen molar-refractivity contribution < 1.29 is 43.6 Å². The number of aliphatic hydroxyl groups is 1. The van der Waals surface area contributed by atoms with Crippen LogP contribution in [0.3, 0.4) is 0 Å². The lowest BCUT2D eigenvalue weighted by atomic mass is 10.0. The number of anilines is 1. The zero-order chi connectivity index (χ0) is 39.1. The van der Waals surface area contributed by atoms with Gasteiger partial charge in [-0.15, -0.1) is 0 Å². The van der Waals surface area contributed by atoms with Crippen LogP contribution in [0.5, 0.6) is 5.75 Å². The number of carboxylic acids is 1. The molecule has 292 valence electrons. The normalized spacial score (nSPS) is 16.4. The number of aryl methyl sites for hydroxylation is 2. The van der Waals surface area contributed by atoms with E-state index >= 15 is 0 Å². The number of aliphatic hydroxyl groups excluding tert-OH is 1. The Labute approximate surface area is 310 Å². The highest BCUT2D eigenvalue weighted by Gasteiger charge is 2.34. The quantitative estimate of drug-likeness (QED) is 0.0866. The van der Waals surface area contributed by atoms with Crippen LogP contribution in [0, 0.1) is 12.8 Å². The highest BCUT2D eigenvalue weighted by atomic mass is 16.7. The fraction of sp³-hybridized carbons (Fsp3) is 0.600. The lowest BCUT2D eigenvalue weighted by Gasteiger charge is -2.33. The maximum absolute atomic E-state index is 12.2. The fourth-order valence-electron chi connectivity index (χ4n) is 4.89. The summed E-state index contributed by atoms with van der Waals surface area (Å²) in [6, 6.07) is 14.1. The Kier molecular flexibility index (Phi) is 22.7. The van der Waals surface area contributed by atoms with E-state index in [9.17, 15) is 24.3 Å². The number of carbonyl (C=O) groups is 4. The van der Waals surface area contributed by atoms with Crippen molar-refractivity contribution in [2.45, 2.75) is 138 Å². The van der Waals surface area contributed by atoms with Gasteiger partial charge < -0.3 is 40.4 Å². The minimum Gasteiger partial charge on any atom is -0.480 e. The molecule has 12 nitrogen and oxygen atoms in total. The third kappa shape index (κ3) is 19.4. The maximum Gasteiger partial charge on any atom is 0.322 e. The molecule has 2 aromatic rings. The van der Waals surface area contributed by atoms with Crippen molar-refractivity contribution in [3.63, 3.8) is 0 Å². The fourth-order valence-corrected chi connectivity index (χ4v) is 4.89. The molecule has 1 fully saturated rings. The number of carboxylic acid groups (broad SMARTS) is 1. The van der Waals surface area contributed by atoms with Crippen LogP contribution in [0.1, 0.15) is 110 Å². The largest absolute Gasteiger partial charge is 0.480 e. The van der Waals surface area contributed by atoms with Crippen molar-refractivity contribution in [1.82, 2.24) is 10.6 Å². The summed E-state index contributed by atoms with van der Waals surface area (Å²) < 4.78 is 16.9. The van der Waals surface area contributed by atoms with Crippen LogP contribution in [0.2, 0.25) is 0 Å². The molecule has 0 radical (unpaired) electrons. The Morgan fingerprint density at radius 2 is 1.60 bits per heavy atom. The molecule has 1 aliphatic rings. The molecule has 0 saturated carbocycles. The van der Waals surface area contributed by atoms with Crippen molar-refractivity contribution in [2.75, 3.05) is 18.4 Å². The van der Waals surface area contributed by atoms with E-state index in [4.69, 9.17) is 19.3 Å². The summed E-state index contributed by atoms with van der Waals surface area (Å²) in [5, 5.41) is 27.4. The lowest BCUT2D eigenvalue weighted by molar-refractivity contribution is -0.184. The van der Waals surface area contributed by atoms with Crippen molar-refractivity contribution in [3.05, 3.63) is 59.2 Å². The summed E-state index contributed by atoms with van der Waals surface area (Å²) in [5.74, 6) is -1.75. The second-order valence-corrected chi connectivity index (χ2v) is 13.2. The second kappa shape index (κ2) is 25.7. The van der Waals surface area contributed by atoms with E-state index in [1.807, 2.05) is 33.8 Å². The number of hydrogen-bond acceptors (Lipinski definition) is 9. The lowest BCUT2D eigenvalue weighted by Crippen LogP contribution is -2.47. The number of ether oxygens (including phenoxy) is 3. The average molecular weight is 730 g/mol. The average Bonchev–Trinajstić information content (AvgIpc) is 3.10. The van der Waals surface area contributed by atoms with E-state index in [0.29, 0.717) is 23.4 Å². The number of rotatable bonds is 18. The first-order valence-corrected chi connectivity index (χ1v) is 18.6. The first-order valence-electron chi connectivity index (χ1n) is 18.6. The Morgan fingerprint density at radius 3 is 2.21 bits per heavy atom. The summed E-state index contributed by atoms with van der Waals surface area (Å²) in [5.41, 5.74) is 4.05. The number of carbonyl (C=O) groups excluding carboxylic acids is 3. The summed E-state index contributed by atoms with van der Waals surface area (Å²) in [4.78, 5) is 46.1. The van der Waals surface area contributed by atoms with Crippen molar-refractivity contribution in [2.24, 2.45) is 5.92 Å². The zero-order valence-corrected chi connectivity index (χ0v) is 32.5. The molecule has 0 aliphatic carbocycles. The molecule has 5 N–H and O–H groups in total. The Balaban J connectivity index is 0.000000572. The van der Waals surface area contributed by atoms with Gasteiger partial charge >= 0.3 is 11.9 Å². The van der Waals surface area contributed by atoms with Gasteiger partial charge in [-0.3, -0.25) is 19.2 Å². The van der Waals surface area contributed by atoms with Gasteiger partial charge in [-0.2, -0.15) is 0 Å². The van der Waals surface area contributed by atoms with Crippen molar-refractivity contribution in [1.29, 1.82) is 0 Å². The smallest absolute Gasteiger partial charge is 0.322 e. The third-order valence-electron chi connectivity index (χ3n) is 7.67. The van der Waals surface area contributed by atoms with Gasteiger partial charge in [-0.25, -0.2) is 0 Å². The first-order chi connectivity index (χ1) is 24.8. The van der Waals surface area contributed by atoms with E-state index in [-0.39, 0.29) is 43.3 Å². The molecule has 0 spiro atoms. The van der Waals surface area contributed by atoms with E-state index in [1.165, 1.54) is 11.1 Å². The molecule has 3 atom stereocenters. The molecule has 3 rings (SSSR count). The van der Waals surface area contributed by atoms with Crippen LogP contribution in [0.4, 0.5) is 5.69 Å². The van der Waals surface area contributed by atoms with E-state index in [2.05, 4.69) is 54.1 Å². The predicted octanol–water partition coefficient (Wildman–Crippen LogP) is 6.30. The predicted molar refractivity (Wildman–Crippen MR) is 203 cm³/mol. The number of esters is 1. The summed E-state index contributed by atoms with van der Waals surface area (Å²) in [7, 11) is 0. The van der Waals surface area contributed by atoms with Crippen LogP contribution >= 0.6 is 0 Å². The van der Waals surface area contributed by atoms with Crippen LogP contribution < -0.4 is 20.7 Å². The maximum atomic E-state index is 12.2. The summed E-state index contributed by atoms with van der Waals surface area (Å²) in [6.07, 6.45) is 3.35. The number of aliphatic carboxylic acids is 1. The molecule has 0 bridgehead atoms. The molecular formula is C40H63N3O9. The topological polar surface area (TPSA) is 173 Å². The van der Waals surface area contributed by atoms with Crippen LogP contribution in [0.25, 0.3) is 0 Å². The van der Waals surface area contributed by atoms with Gasteiger partial charge in [0, 0.05) is 31.8 Å². The van der Waals surface area contributed by atoms with E-state index in [0.717, 1.165) is 38.6 Å². The molecule has 3 unspecified atom stereocenters. The van der Waals surface area contributed by atoms with Crippen LogP contribution in [0.15, 0.2) is 42.5 Å². The third-order valence-corrected chi connectivity index (χ3v) is 7.67. The minimum atomic E-state index is -1.18. The van der Waals surface area contributed by atoms with Gasteiger partial charge in [-0.05, 0) is 69.7 Å². The highest BCUT2D eigenvalue weighted by molar-refractivity contribution is 5.84. The number of amides is 2. The van der Waals surface area contributed by atoms with Gasteiger partial charge in [0.05, 0.1) is 17.7 Å². The minimum absolute atomic E-state index is 0.0353. The molecule has 2 amide bonds. The highest BCUT2D eigenvalue weighted by Crippen LogP contribution is 2.31. The standard InChI is InChI=1S/C22H32N2O8.C16H25NO.C2H6/c1-12(2)22(29)30-11-14-5-6-16(24-13(3)4)17(7-14)31-20-9-15(25)8-18(32-20)21(28)23-10-19(26)27;1-3-4-13-17-16(18)8-6-5-7-15-11-9-14(2)10-12-15;1-2/h5-7,12-13,15,18,20,24-25H,8-11H2,1-4H3,(H,23,28)(H,26,27);9-12H,3-8,13H2,1-2H3,(H,17,18);1-2H3. The van der Waals surface area contributed by atoms with Gasteiger partial charge in [0.15, 0.2) is 0 Å². The second-order valence-electron chi connectivity index (χ2n) is 13.2. The van der Waals surface area contributed by atoms with Crippen molar-refractivity contribution in [3.8, 4) is 5.75 Å². The Hall–Kier alpha value is -4.16. The molecule has 12 heteroatoms. The van der Waals surface area contributed by atoms with E-state index < -0.39 is 36.9 Å². The van der Waals surface area contributed by atoms with Gasteiger partial charge in [-0.1, -0.05) is 76.9 Å². The van der Waals surface area contributed by atoms with Crippen LogP contribution in [-0.2, 0) is 41.7 Å². The molecule has 1 heterocycles. The van der Waals surface area contributed by atoms with E-state index in [1.54, 1.807) is 26.0 Å². The molecular weight excluding hydrogens is 666 g/mol. The Bertz CT molecular complexity index is 1350. The van der Waals surface area contributed by atoms with Gasteiger partial charge in [0.2, 0.25) is 18.1 Å². The number of nitrogens with one attached hydrogen (secondary N) is 3. The molecule has 1 aliphatic heterocycles. The Morgan fingerprint density at radius 1 is 0.923 bits per heavy atom. The molecule has 0 aromatic heterocycles. The number of unbranched alkanes of at least 4 members (excludes halogenated alkanes) is 2. The molecule has 2 aromatic carbocycles. The molecule has 52 heavy (non-hydrogen) atoms. The SMILES string of the molecule is CC.CC(C)Nc1ccc(COC(=O)C(C)C)cc1OC1CC(O)CC(C(=O)NCC(=O)O)O1.CCCCNC(=O)CCCCc1ccc(C)cc1. The summed E-state index contributed by atoms with van der Waals surface area (Å²) >= 11 is 0. The van der Waals surface area contributed by atoms with Crippen molar-refractivity contribution >= 4 is 29.4 Å². The summed E-state index contributed by atoms with van der Waals surface area (Å²) in [6.45, 7) is 16.0. The monoisotopic (exact) mass is 729 g/mol. The number of benzene rings is 2. The zero-order valence-electron chi connectivity index (χ0n) is 32.5.